The minimum atomic E-state index is -0.787. The monoisotopic (exact) mass is 801 g/mol. The van der Waals surface area contributed by atoms with Crippen LogP contribution in [-0.2, 0) is 28.6 Å². The molecule has 0 radical (unpaired) electrons. The van der Waals surface area contributed by atoms with E-state index in [1.165, 1.54) is 128 Å². The Morgan fingerprint density at radius 1 is 0.368 bits per heavy atom. The summed E-state index contributed by atoms with van der Waals surface area (Å²) in [7, 11) is 0. The molecule has 1 atom stereocenters. The second kappa shape index (κ2) is 46.3. The topological polar surface area (TPSA) is 78.9 Å². The average molecular weight is 801 g/mol. The van der Waals surface area contributed by atoms with Crippen LogP contribution >= 0.6 is 0 Å². The molecule has 0 spiro atoms. The molecule has 0 aromatic carbocycles. The Bertz CT molecular complexity index is 969. The zero-order chi connectivity index (χ0) is 41.5. The predicted octanol–water partition coefficient (Wildman–Crippen LogP) is 15.8. The second-order valence-electron chi connectivity index (χ2n) is 16.3. The number of carbonyl (C=O) groups excluding carboxylic acids is 3. The summed E-state index contributed by atoms with van der Waals surface area (Å²) in [4.78, 5) is 37.7. The van der Waals surface area contributed by atoms with Gasteiger partial charge in [-0.2, -0.15) is 0 Å². The van der Waals surface area contributed by atoms with Crippen molar-refractivity contribution in [2.24, 2.45) is 0 Å². The van der Waals surface area contributed by atoms with Crippen molar-refractivity contribution in [3.63, 3.8) is 0 Å². The molecule has 0 fully saturated rings. The summed E-state index contributed by atoms with van der Waals surface area (Å²) in [6, 6.07) is 0. The Morgan fingerprint density at radius 3 is 1.12 bits per heavy atom. The van der Waals surface area contributed by atoms with Gasteiger partial charge < -0.3 is 14.2 Å². The molecule has 0 aliphatic heterocycles. The van der Waals surface area contributed by atoms with Crippen LogP contribution < -0.4 is 0 Å². The Kier molecular flexibility index (Phi) is 44.4. The van der Waals surface area contributed by atoms with Crippen LogP contribution in [0.1, 0.15) is 252 Å². The van der Waals surface area contributed by atoms with Gasteiger partial charge in [0, 0.05) is 19.3 Å². The number of allylic oxidation sites excluding steroid dienone is 6. The normalized spacial score (nSPS) is 12.3. The molecule has 0 aromatic rings. The maximum Gasteiger partial charge on any atom is 0.306 e. The molecule has 0 heterocycles. The van der Waals surface area contributed by atoms with E-state index in [0.717, 1.165) is 83.5 Å². The Balaban J connectivity index is 4.32. The molecule has 0 N–H and O–H groups in total. The summed E-state index contributed by atoms with van der Waals surface area (Å²) in [5, 5.41) is 0. The van der Waals surface area contributed by atoms with Gasteiger partial charge in [0.2, 0.25) is 0 Å². The summed E-state index contributed by atoms with van der Waals surface area (Å²) < 4.78 is 16.7. The van der Waals surface area contributed by atoms with E-state index in [0.29, 0.717) is 19.3 Å². The van der Waals surface area contributed by atoms with E-state index in [1.807, 2.05) is 0 Å². The highest BCUT2D eigenvalue weighted by Gasteiger charge is 2.19. The predicted molar refractivity (Wildman–Crippen MR) is 242 cm³/mol. The van der Waals surface area contributed by atoms with Crippen LogP contribution in [0.5, 0.6) is 0 Å². The highest BCUT2D eigenvalue weighted by molar-refractivity contribution is 5.71. The third-order valence-electron chi connectivity index (χ3n) is 10.6. The van der Waals surface area contributed by atoms with Crippen molar-refractivity contribution in [3.05, 3.63) is 36.5 Å². The molecule has 332 valence electrons. The Morgan fingerprint density at radius 2 is 0.684 bits per heavy atom. The van der Waals surface area contributed by atoms with Gasteiger partial charge in [-0.05, 0) is 70.6 Å². The smallest absolute Gasteiger partial charge is 0.306 e. The number of carbonyl (C=O) groups is 3. The third kappa shape index (κ3) is 44.6. The van der Waals surface area contributed by atoms with Crippen molar-refractivity contribution in [2.45, 2.75) is 258 Å². The molecule has 57 heavy (non-hydrogen) atoms. The average Bonchev–Trinajstić information content (AvgIpc) is 3.21. The quantitative estimate of drug-likeness (QED) is 0.0264. The van der Waals surface area contributed by atoms with E-state index < -0.39 is 6.10 Å². The first kappa shape index (κ1) is 54.6. The van der Waals surface area contributed by atoms with Gasteiger partial charge in [-0.25, -0.2) is 0 Å². The summed E-state index contributed by atoms with van der Waals surface area (Å²) in [6.45, 7) is 6.47. The van der Waals surface area contributed by atoms with Gasteiger partial charge in [-0.3, -0.25) is 14.4 Å². The fraction of sp³-hybridized carbons (Fsp3) is 0.824. The lowest BCUT2D eigenvalue weighted by molar-refractivity contribution is -0.167. The summed E-state index contributed by atoms with van der Waals surface area (Å²) in [5.41, 5.74) is 0. The highest BCUT2D eigenvalue weighted by Crippen LogP contribution is 2.15. The molecule has 6 nitrogen and oxygen atoms in total. The molecular weight excluding hydrogens is 709 g/mol. The fourth-order valence-electron chi connectivity index (χ4n) is 6.94. The van der Waals surface area contributed by atoms with Crippen LogP contribution in [0.3, 0.4) is 0 Å². The largest absolute Gasteiger partial charge is 0.462 e. The van der Waals surface area contributed by atoms with Crippen molar-refractivity contribution in [3.8, 4) is 0 Å². The van der Waals surface area contributed by atoms with Crippen LogP contribution in [0.4, 0.5) is 0 Å². The molecule has 0 rings (SSSR count). The first-order chi connectivity index (χ1) is 28.0. The number of ether oxygens (including phenoxy) is 3. The molecule has 0 saturated heterocycles. The lowest BCUT2D eigenvalue weighted by atomic mass is 10.0. The molecule has 0 aromatic heterocycles. The number of hydrogen-bond donors (Lipinski definition) is 0. The van der Waals surface area contributed by atoms with Gasteiger partial charge in [0.1, 0.15) is 13.2 Å². The van der Waals surface area contributed by atoms with E-state index in [2.05, 4.69) is 57.2 Å². The molecule has 0 amide bonds. The zero-order valence-electron chi connectivity index (χ0n) is 37.9. The van der Waals surface area contributed by atoms with E-state index in [1.54, 1.807) is 0 Å². The fourth-order valence-corrected chi connectivity index (χ4v) is 6.94. The number of hydrogen-bond acceptors (Lipinski definition) is 6. The minimum absolute atomic E-state index is 0.0858. The maximum absolute atomic E-state index is 12.7. The standard InChI is InChI=1S/C51H92O6/c1-4-7-10-13-16-19-21-23-24-25-26-28-29-32-35-38-41-44-50(53)56-47-48(46-55-49(52)43-40-37-34-31-18-15-12-9-6-3)57-51(54)45-42-39-36-33-30-27-22-20-17-14-11-8-5-2/h9,12,18,27,30-31,48H,4-8,10-11,13-17,19-26,28-29,32-47H2,1-3H3/b12-9-,30-27-,31-18-. The third-order valence-corrected chi connectivity index (χ3v) is 10.6. The van der Waals surface area contributed by atoms with Crippen LogP contribution in [0.25, 0.3) is 0 Å². The highest BCUT2D eigenvalue weighted by atomic mass is 16.6. The lowest BCUT2D eigenvalue weighted by Crippen LogP contribution is -2.30. The zero-order valence-corrected chi connectivity index (χ0v) is 37.9. The van der Waals surface area contributed by atoms with Crippen molar-refractivity contribution >= 4 is 17.9 Å². The van der Waals surface area contributed by atoms with Gasteiger partial charge in [-0.15, -0.1) is 0 Å². The van der Waals surface area contributed by atoms with Crippen molar-refractivity contribution < 1.29 is 28.6 Å². The summed E-state index contributed by atoms with van der Waals surface area (Å²) in [5.74, 6) is -0.934. The molecule has 0 bridgehead atoms. The SMILES string of the molecule is CC/C=C\C/C=C\CCCCC(=O)OCC(COC(=O)CCCCCCCCCCCCCCCCCCC)OC(=O)CCCCC/C=C\CCCCCCCC. The molecule has 1 unspecified atom stereocenters. The van der Waals surface area contributed by atoms with Crippen molar-refractivity contribution in [1.29, 1.82) is 0 Å². The Hall–Kier alpha value is -2.37. The van der Waals surface area contributed by atoms with E-state index in [-0.39, 0.29) is 31.1 Å². The van der Waals surface area contributed by atoms with Gasteiger partial charge in [0.15, 0.2) is 6.10 Å². The molecule has 0 saturated carbocycles. The van der Waals surface area contributed by atoms with Crippen molar-refractivity contribution in [2.75, 3.05) is 13.2 Å². The number of esters is 3. The molecule has 0 aliphatic carbocycles. The van der Waals surface area contributed by atoms with Crippen LogP contribution in [0.2, 0.25) is 0 Å². The number of rotatable bonds is 44. The minimum Gasteiger partial charge on any atom is -0.462 e. The van der Waals surface area contributed by atoms with Gasteiger partial charge >= 0.3 is 17.9 Å². The molecular formula is C51H92O6. The second-order valence-corrected chi connectivity index (χ2v) is 16.3. The first-order valence-corrected chi connectivity index (χ1v) is 24.5. The summed E-state index contributed by atoms with van der Waals surface area (Å²) >= 11 is 0. The first-order valence-electron chi connectivity index (χ1n) is 24.5. The van der Waals surface area contributed by atoms with Gasteiger partial charge in [-0.1, -0.05) is 198 Å². The van der Waals surface area contributed by atoms with E-state index in [9.17, 15) is 14.4 Å². The van der Waals surface area contributed by atoms with Crippen molar-refractivity contribution in [1.82, 2.24) is 0 Å². The maximum atomic E-state index is 12.7. The molecule has 0 aliphatic rings. The Labute approximate surface area is 353 Å². The van der Waals surface area contributed by atoms with Gasteiger partial charge in [0.05, 0.1) is 0 Å². The van der Waals surface area contributed by atoms with Crippen LogP contribution in [0.15, 0.2) is 36.5 Å². The molecule has 6 heteroatoms. The van der Waals surface area contributed by atoms with Crippen LogP contribution in [0, 0.1) is 0 Å². The summed E-state index contributed by atoms with van der Waals surface area (Å²) in [6.07, 6.45) is 52.9. The van der Waals surface area contributed by atoms with E-state index >= 15 is 0 Å². The van der Waals surface area contributed by atoms with Gasteiger partial charge in [0.25, 0.3) is 0 Å². The number of unbranched alkanes of at least 4 members (excludes halogenated alkanes) is 27. The lowest BCUT2D eigenvalue weighted by Gasteiger charge is -2.18. The van der Waals surface area contributed by atoms with Crippen LogP contribution in [-0.4, -0.2) is 37.2 Å². The van der Waals surface area contributed by atoms with E-state index in [4.69, 9.17) is 14.2 Å².